The molecule has 4 nitrogen and oxygen atoms in total. The zero-order valence-electron chi connectivity index (χ0n) is 11.8. The van der Waals surface area contributed by atoms with Gasteiger partial charge in [-0.15, -0.1) is 0 Å². The summed E-state index contributed by atoms with van der Waals surface area (Å²) in [6, 6.07) is 10.6. The van der Waals surface area contributed by atoms with Crippen molar-refractivity contribution in [1.29, 1.82) is 0 Å². The summed E-state index contributed by atoms with van der Waals surface area (Å²) in [5.74, 6) is 1.89. The van der Waals surface area contributed by atoms with Gasteiger partial charge < -0.3 is 4.52 Å². The van der Waals surface area contributed by atoms with Crippen LogP contribution in [0.4, 0.5) is 0 Å². The normalized spacial score (nSPS) is 12.8. The van der Waals surface area contributed by atoms with Gasteiger partial charge in [0.2, 0.25) is 5.89 Å². The van der Waals surface area contributed by atoms with Crippen LogP contribution in [-0.2, 0) is 6.54 Å². The molecule has 2 aromatic rings. The lowest BCUT2D eigenvalue weighted by Gasteiger charge is -2.23. The molecule has 4 heteroatoms. The van der Waals surface area contributed by atoms with E-state index >= 15 is 0 Å². The van der Waals surface area contributed by atoms with E-state index in [1.54, 1.807) is 0 Å². The average molecular weight is 259 g/mol. The molecule has 0 aliphatic carbocycles. The number of aryl methyl sites for hydroxylation is 1. The van der Waals surface area contributed by atoms with E-state index in [-0.39, 0.29) is 0 Å². The lowest BCUT2D eigenvalue weighted by Crippen LogP contribution is -2.27. The molecule has 102 valence electrons. The summed E-state index contributed by atoms with van der Waals surface area (Å²) in [7, 11) is 0. The smallest absolute Gasteiger partial charge is 0.223 e. The summed E-state index contributed by atoms with van der Waals surface area (Å²) < 4.78 is 5.01. The second-order valence-corrected chi connectivity index (χ2v) is 4.87. The van der Waals surface area contributed by atoms with Crippen LogP contribution in [-0.4, -0.2) is 28.1 Å². The predicted octanol–water partition coefficient (Wildman–Crippen LogP) is 3.00. The van der Waals surface area contributed by atoms with E-state index in [0.29, 0.717) is 11.8 Å². The fourth-order valence-corrected chi connectivity index (χ4v) is 2.19. The van der Waals surface area contributed by atoms with Gasteiger partial charge in [0.1, 0.15) is 0 Å². The first-order chi connectivity index (χ1) is 9.19. The molecule has 0 bridgehead atoms. The van der Waals surface area contributed by atoms with Crippen LogP contribution in [0.3, 0.4) is 0 Å². The van der Waals surface area contributed by atoms with Crippen LogP contribution in [0.1, 0.15) is 37.0 Å². The Labute approximate surface area is 114 Å². The number of nitrogens with zero attached hydrogens (tertiary/aromatic N) is 3. The molecule has 19 heavy (non-hydrogen) atoms. The van der Waals surface area contributed by atoms with E-state index in [9.17, 15) is 0 Å². The van der Waals surface area contributed by atoms with Crippen molar-refractivity contribution < 1.29 is 4.52 Å². The van der Waals surface area contributed by atoms with Gasteiger partial charge in [0, 0.05) is 13.5 Å². The molecule has 0 aliphatic heterocycles. The van der Waals surface area contributed by atoms with Crippen LogP contribution in [0.5, 0.6) is 0 Å². The molecule has 1 aromatic carbocycles. The number of rotatable bonds is 6. The first-order valence-electron chi connectivity index (χ1n) is 6.75. The van der Waals surface area contributed by atoms with Crippen molar-refractivity contribution in [1.82, 2.24) is 15.0 Å². The van der Waals surface area contributed by atoms with Crippen molar-refractivity contribution in [2.75, 3.05) is 13.1 Å². The second kappa shape index (κ2) is 6.48. The third-order valence-electron chi connectivity index (χ3n) is 3.28. The zero-order chi connectivity index (χ0) is 13.7. The average Bonchev–Trinajstić information content (AvgIpc) is 2.84. The van der Waals surface area contributed by atoms with Crippen molar-refractivity contribution in [3.63, 3.8) is 0 Å². The summed E-state index contributed by atoms with van der Waals surface area (Å²) >= 11 is 0. The number of hydrogen-bond acceptors (Lipinski definition) is 4. The maximum atomic E-state index is 5.01. The molecule has 0 N–H and O–H groups in total. The Bertz CT molecular complexity index is 495. The zero-order valence-corrected chi connectivity index (χ0v) is 11.8. The van der Waals surface area contributed by atoms with E-state index in [2.05, 4.69) is 59.2 Å². The van der Waals surface area contributed by atoms with Crippen LogP contribution in [0, 0.1) is 6.92 Å². The Kier molecular flexibility index (Phi) is 4.68. The van der Waals surface area contributed by atoms with Gasteiger partial charge in [-0.1, -0.05) is 49.3 Å². The van der Waals surface area contributed by atoms with E-state index in [1.807, 2.05) is 6.92 Å². The van der Waals surface area contributed by atoms with Crippen molar-refractivity contribution in [2.45, 2.75) is 33.2 Å². The Balaban J connectivity index is 1.95. The first kappa shape index (κ1) is 13.7. The topological polar surface area (TPSA) is 42.2 Å². The molecule has 0 amide bonds. The minimum Gasteiger partial charge on any atom is -0.340 e. The van der Waals surface area contributed by atoms with Crippen molar-refractivity contribution in [2.24, 2.45) is 0 Å². The minimum absolute atomic E-state index is 0.495. The second-order valence-electron chi connectivity index (χ2n) is 4.87. The molecule has 1 atom stereocenters. The fourth-order valence-electron chi connectivity index (χ4n) is 2.19. The van der Waals surface area contributed by atoms with Crippen molar-refractivity contribution >= 4 is 0 Å². The van der Waals surface area contributed by atoms with E-state index in [4.69, 9.17) is 4.52 Å². The Morgan fingerprint density at radius 1 is 1.26 bits per heavy atom. The van der Waals surface area contributed by atoms with Gasteiger partial charge >= 0.3 is 0 Å². The molecule has 0 radical (unpaired) electrons. The molecule has 1 heterocycles. The summed E-state index contributed by atoms with van der Waals surface area (Å²) in [4.78, 5) is 6.59. The molecule has 0 unspecified atom stereocenters. The van der Waals surface area contributed by atoms with Gasteiger partial charge in [-0.3, -0.25) is 4.90 Å². The van der Waals surface area contributed by atoms with Crippen LogP contribution in [0.15, 0.2) is 34.9 Å². The molecule has 0 spiro atoms. The Morgan fingerprint density at radius 3 is 2.58 bits per heavy atom. The third kappa shape index (κ3) is 3.89. The van der Waals surface area contributed by atoms with Gasteiger partial charge in [-0.25, -0.2) is 0 Å². The standard InChI is InChI=1S/C15H21N3O/c1-4-18(11-15-16-13(3)19-17-15)10-12(2)14-8-6-5-7-9-14/h5-9,12H,4,10-11H2,1-3H3/t12-/m1/s1. The van der Waals surface area contributed by atoms with Gasteiger partial charge in [-0.05, 0) is 18.0 Å². The van der Waals surface area contributed by atoms with Crippen LogP contribution >= 0.6 is 0 Å². The Morgan fingerprint density at radius 2 is 2.00 bits per heavy atom. The quantitative estimate of drug-likeness (QED) is 0.799. The molecular weight excluding hydrogens is 238 g/mol. The first-order valence-corrected chi connectivity index (χ1v) is 6.75. The maximum Gasteiger partial charge on any atom is 0.223 e. The molecule has 2 rings (SSSR count). The highest BCUT2D eigenvalue weighted by Gasteiger charge is 2.13. The Hall–Kier alpha value is -1.68. The van der Waals surface area contributed by atoms with Gasteiger partial charge in [0.15, 0.2) is 5.82 Å². The molecule has 0 saturated heterocycles. The monoisotopic (exact) mass is 259 g/mol. The highest BCUT2D eigenvalue weighted by molar-refractivity contribution is 5.19. The fraction of sp³-hybridized carbons (Fsp3) is 0.467. The van der Waals surface area contributed by atoms with Gasteiger partial charge in [-0.2, -0.15) is 4.98 Å². The summed E-state index contributed by atoms with van der Waals surface area (Å²) in [5.41, 5.74) is 1.37. The molecule has 0 aliphatic rings. The van der Waals surface area contributed by atoms with E-state index in [0.717, 1.165) is 25.5 Å². The minimum atomic E-state index is 0.495. The van der Waals surface area contributed by atoms with Gasteiger partial charge in [0.05, 0.1) is 6.54 Å². The molecule has 1 aromatic heterocycles. The summed E-state index contributed by atoms with van der Waals surface area (Å²) in [6.07, 6.45) is 0. The highest BCUT2D eigenvalue weighted by atomic mass is 16.5. The number of aromatic nitrogens is 2. The van der Waals surface area contributed by atoms with Crippen LogP contribution in [0.25, 0.3) is 0 Å². The van der Waals surface area contributed by atoms with Crippen LogP contribution < -0.4 is 0 Å². The molecule has 0 fully saturated rings. The van der Waals surface area contributed by atoms with Crippen molar-refractivity contribution in [3.8, 4) is 0 Å². The SMILES string of the molecule is CCN(Cc1noc(C)n1)C[C@@H](C)c1ccccc1. The van der Waals surface area contributed by atoms with E-state index in [1.165, 1.54) is 5.56 Å². The highest BCUT2D eigenvalue weighted by Crippen LogP contribution is 2.16. The van der Waals surface area contributed by atoms with E-state index < -0.39 is 0 Å². The number of benzene rings is 1. The van der Waals surface area contributed by atoms with Crippen LogP contribution in [0.2, 0.25) is 0 Å². The lowest BCUT2D eigenvalue weighted by molar-refractivity contribution is 0.254. The number of hydrogen-bond donors (Lipinski definition) is 0. The molecule has 0 saturated carbocycles. The third-order valence-corrected chi connectivity index (χ3v) is 3.28. The predicted molar refractivity (Wildman–Crippen MR) is 74.8 cm³/mol. The van der Waals surface area contributed by atoms with Gasteiger partial charge in [0.25, 0.3) is 0 Å². The largest absolute Gasteiger partial charge is 0.340 e. The molecular formula is C15H21N3O. The lowest BCUT2D eigenvalue weighted by atomic mass is 10.0. The summed E-state index contributed by atoms with van der Waals surface area (Å²) in [6.45, 7) is 8.94. The summed E-state index contributed by atoms with van der Waals surface area (Å²) in [5, 5.41) is 3.96. The maximum absolute atomic E-state index is 5.01. The number of likely N-dealkylation sites (N-methyl/N-ethyl adjacent to an activating group) is 1. The van der Waals surface area contributed by atoms with Crippen molar-refractivity contribution in [3.05, 3.63) is 47.6 Å².